The van der Waals surface area contributed by atoms with Gasteiger partial charge in [0.15, 0.2) is 11.5 Å². The van der Waals surface area contributed by atoms with Gasteiger partial charge in [0.1, 0.15) is 11.6 Å². The van der Waals surface area contributed by atoms with Crippen LogP contribution in [-0.4, -0.2) is 41.3 Å². The maximum atomic E-state index is 13.4. The predicted octanol–water partition coefficient (Wildman–Crippen LogP) is 3.00. The maximum Gasteiger partial charge on any atom is 0.326 e. The number of carbonyl (C=O) groups is 2. The number of aromatic nitrogens is 1. The van der Waals surface area contributed by atoms with Gasteiger partial charge in [0.05, 0.1) is 19.2 Å². The number of nitrogens with zero attached hydrogens (tertiary/aromatic N) is 1. The molecule has 1 atom stereocenters. The third kappa shape index (κ3) is 4.69. The molecule has 2 heterocycles. The smallest absolute Gasteiger partial charge is 0.326 e. The molecule has 0 saturated carbocycles. The van der Waals surface area contributed by atoms with Crippen LogP contribution in [0.5, 0.6) is 11.5 Å². The molecule has 1 aromatic heterocycles. The number of hydrogen-bond acceptors (Lipinski definition) is 5. The Kier molecular flexibility index (Phi) is 6.63. The second-order valence-electron chi connectivity index (χ2n) is 8.01. The second kappa shape index (κ2) is 9.77. The Morgan fingerprint density at radius 2 is 1.94 bits per heavy atom. The molecule has 0 aliphatic carbocycles. The highest BCUT2D eigenvalue weighted by Gasteiger charge is 2.25. The highest BCUT2D eigenvalue weighted by Crippen LogP contribution is 2.36. The van der Waals surface area contributed by atoms with E-state index in [1.165, 1.54) is 13.2 Å². The summed E-state index contributed by atoms with van der Waals surface area (Å²) in [6.45, 7) is 0.929. The number of methoxy groups -OCH3 is 1. The van der Waals surface area contributed by atoms with Crippen molar-refractivity contribution in [1.29, 1.82) is 0 Å². The summed E-state index contributed by atoms with van der Waals surface area (Å²) >= 11 is 0. The third-order valence-corrected chi connectivity index (χ3v) is 5.79. The molecule has 0 fully saturated rings. The van der Waals surface area contributed by atoms with Gasteiger partial charge in [-0.15, -0.1) is 0 Å². The van der Waals surface area contributed by atoms with Crippen molar-refractivity contribution in [3.63, 3.8) is 0 Å². The average molecular weight is 450 g/mol. The number of carboxylic acids is 1. The summed E-state index contributed by atoms with van der Waals surface area (Å²) in [5.74, 6) is -0.885. The first-order valence-electron chi connectivity index (χ1n) is 10.9. The van der Waals surface area contributed by atoms with Crippen LogP contribution < -0.4 is 20.3 Å². The van der Waals surface area contributed by atoms with E-state index in [2.05, 4.69) is 5.32 Å². The van der Waals surface area contributed by atoms with E-state index in [4.69, 9.17) is 9.47 Å². The minimum Gasteiger partial charge on any atom is -0.493 e. The van der Waals surface area contributed by atoms with Crippen LogP contribution in [0, 0.1) is 0 Å². The van der Waals surface area contributed by atoms with Gasteiger partial charge in [-0.1, -0.05) is 30.3 Å². The number of nitrogens with one attached hydrogen (secondary N) is 1. The summed E-state index contributed by atoms with van der Waals surface area (Å²) in [5, 5.41) is 12.8. The van der Waals surface area contributed by atoms with Crippen molar-refractivity contribution in [1.82, 2.24) is 9.88 Å². The number of aryl methyl sites for hydroxylation is 1. The summed E-state index contributed by atoms with van der Waals surface area (Å²) in [7, 11) is 1.54. The zero-order valence-corrected chi connectivity index (χ0v) is 18.4. The summed E-state index contributed by atoms with van der Waals surface area (Å²) in [6, 6.07) is 12.9. The van der Waals surface area contributed by atoms with Crippen LogP contribution in [0.4, 0.5) is 0 Å². The highest BCUT2D eigenvalue weighted by atomic mass is 16.5. The van der Waals surface area contributed by atoms with Crippen LogP contribution >= 0.6 is 0 Å². The summed E-state index contributed by atoms with van der Waals surface area (Å²) in [6.07, 6.45) is 2.58. The predicted molar refractivity (Wildman–Crippen MR) is 123 cm³/mol. The van der Waals surface area contributed by atoms with Gasteiger partial charge in [-0.05, 0) is 43.0 Å². The number of rotatable bonds is 6. The van der Waals surface area contributed by atoms with Crippen molar-refractivity contribution in [2.75, 3.05) is 13.7 Å². The normalized spacial score (nSPS) is 14.3. The van der Waals surface area contributed by atoms with Gasteiger partial charge in [0.2, 0.25) is 0 Å². The van der Waals surface area contributed by atoms with Gasteiger partial charge in [-0.3, -0.25) is 9.59 Å². The quantitative estimate of drug-likeness (QED) is 0.598. The largest absolute Gasteiger partial charge is 0.493 e. The zero-order valence-electron chi connectivity index (χ0n) is 18.4. The lowest BCUT2D eigenvalue weighted by molar-refractivity contribution is -0.139. The molecular weight excluding hydrogens is 424 g/mol. The molecule has 1 aliphatic heterocycles. The Morgan fingerprint density at radius 1 is 1.15 bits per heavy atom. The zero-order chi connectivity index (χ0) is 23.4. The Hall–Kier alpha value is -3.81. The summed E-state index contributed by atoms with van der Waals surface area (Å²) in [4.78, 5) is 38.3. The number of carbonyl (C=O) groups excluding carboxylic acids is 1. The number of hydrogen-bond donors (Lipinski definition) is 2. The first kappa shape index (κ1) is 22.4. The standard InChI is InChI=1S/C25H26N2O6/c1-32-20-11-10-17-15-18(24(29)27-12-6-3-7-13-33-22(20)21(17)27)23(28)26-19(25(30)31)14-16-8-4-2-5-9-16/h2,4-5,8-11,15,19H,3,6-7,12-14H2,1H3,(H,26,28)(H,30,31)/t19-/m1/s1. The van der Waals surface area contributed by atoms with Crippen LogP contribution in [-0.2, 0) is 17.8 Å². The molecule has 8 nitrogen and oxygen atoms in total. The number of ether oxygens (including phenoxy) is 2. The molecule has 4 rings (SSSR count). The monoisotopic (exact) mass is 450 g/mol. The SMILES string of the molecule is COc1ccc2cc(C(=O)N[C@H](Cc3ccccc3)C(=O)O)c(=O)n3c2c1OCCCCC3. The Balaban J connectivity index is 1.75. The van der Waals surface area contributed by atoms with Crippen LogP contribution in [0.25, 0.3) is 10.9 Å². The first-order valence-corrected chi connectivity index (χ1v) is 10.9. The molecule has 172 valence electrons. The van der Waals surface area contributed by atoms with Crippen LogP contribution in [0.3, 0.4) is 0 Å². The Bertz CT molecular complexity index is 1240. The van der Waals surface area contributed by atoms with Gasteiger partial charge in [0, 0.05) is 18.4 Å². The lowest BCUT2D eigenvalue weighted by Gasteiger charge is -2.18. The van der Waals surface area contributed by atoms with E-state index in [1.54, 1.807) is 41.0 Å². The fourth-order valence-corrected chi connectivity index (χ4v) is 4.11. The molecule has 0 unspecified atom stereocenters. The number of pyridine rings is 1. The van der Waals surface area contributed by atoms with Crippen LogP contribution in [0.15, 0.2) is 53.3 Å². The fraction of sp³-hybridized carbons (Fsp3) is 0.320. The Labute approximate surface area is 190 Å². The minimum atomic E-state index is -1.17. The van der Waals surface area contributed by atoms with E-state index in [9.17, 15) is 19.5 Å². The van der Waals surface area contributed by atoms with E-state index in [-0.39, 0.29) is 12.0 Å². The first-order chi connectivity index (χ1) is 16.0. The van der Waals surface area contributed by atoms with Gasteiger partial charge in [-0.2, -0.15) is 0 Å². The summed E-state index contributed by atoms with van der Waals surface area (Å²) in [5.41, 5.74) is 0.770. The highest BCUT2D eigenvalue weighted by molar-refractivity contribution is 6.00. The average Bonchev–Trinajstić information content (AvgIpc) is 2.93. The minimum absolute atomic E-state index is 0.0998. The van der Waals surface area contributed by atoms with Crippen molar-refractivity contribution in [3.05, 3.63) is 70.0 Å². The number of carboxylic acid groups (broad SMARTS) is 1. The molecule has 0 saturated heterocycles. The molecule has 3 aromatic rings. The molecule has 1 aliphatic rings. The number of aliphatic carboxylic acids is 1. The Morgan fingerprint density at radius 3 is 2.67 bits per heavy atom. The van der Waals surface area contributed by atoms with E-state index < -0.39 is 23.5 Å². The third-order valence-electron chi connectivity index (χ3n) is 5.79. The van der Waals surface area contributed by atoms with Crippen molar-refractivity contribution >= 4 is 22.8 Å². The molecule has 0 bridgehead atoms. The fourth-order valence-electron chi connectivity index (χ4n) is 4.11. The molecule has 0 spiro atoms. The van der Waals surface area contributed by atoms with E-state index >= 15 is 0 Å². The topological polar surface area (TPSA) is 107 Å². The summed E-state index contributed by atoms with van der Waals surface area (Å²) < 4.78 is 12.9. The van der Waals surface area contributed by atoms with Gasteiger partial charge in [-0.25, -0.2) is 4.79 Å². The van der Waals surface area contributed by atoms with E-state index in [0.717, 1.165) is 24.8 Å². The van der Waals surface area contributed by atoms with Crippen LogP contribution in [0.1, 0.15) is 35.2 Å². The molecule has 2 N–H and O–H groups in total. The lowest BCUT2D eigenvalue weighted by Crippen LogP contribution is -2.44. The van der Waals surface area contributed by atoms with Gasteiger partial charge >= 0.3 is 5.97 Å². The number of amides is 1. The van der Waals surface area contributed by atoms with Crippen molar-refractivity contribution < 1.29 is 24.2 Å². The van der Waals surface area contributed by atoms with E-state index in [0.29, 0.717) is 35.6 Å². The molecule has 0 radical (unpaired) electrons. The van der Waals surface area contributed by atoms with Gasteiger partial charge < -0.3 is 24.5 Å². The molecular formula is C25H26N2O6. The molecule has 2 aromatic carbocycles. The van der Waals surface area contributed by atoms with Crippen molar-refractivity contribution in [2.24, 2.45) is 0 Å². The van der Waals surface area contributed by atoms with E-state index in [1.807, 2.05) is 6.07 Å². The van der Waals surface area contributed by atoms with Crippen LogP contribution in [0.2, 0.25) is 0 Å². The molecule has 1 amide bonds. The second-order valence-corrected chi connectivity index (χ2v) is 8.01. The maximum absolute atomic E-state index is 13.4. The molecule has 8 heteroatoms. The number of benzene rings is 2. The van der Waals surface area contributed by atoms with Crippen molar-refractivity contribution in [3.8, 4) is 11.5 Å². The van der Waals surface area contributed by atoms with Crippen molar-refractivity contribution in [2.45, 2.75) is 38.3 Å². The lowest BCUT2D eigenvalue weighted by atomic mass is 10.0. The molecule has 33 heavy (non-hydrogen) atoms. The van der Waals surface area contributed by atoms with Gasteiger partial charge in [0.25, 0.3) is 11.5 Å².